The average Bonchev–Trinajstić information content (AvgIpc) is 2.48. The third-order valence-electron chi connectivity index (χ3n) is 4.03. The van der Waals surface area contributed by atoms with Gasteiger partial charge in [-0.2, -0.15) is 0 Å². The Morgan fingerprint density at radius 2 is 2.25 bits per heavy atom. The van der Waals surface area contributed by atoms with E-state index in [1.54, 1.807) is 7.11 Å². The van der Waals surface area contributed by atoms with Crippen molar-refractivity contribution in [1.82, 2.24) is 4.90 Å². The van der Waals surface area contributed by atoms with E-state index in [-0.39, 0.29) is 6.04 Å². The van der Waals surface area contributed by atoms with Crippen LogP contribution in [0.2, 0.25) is 0 Å². The van der Waals surface area contributed by atoms with E-state index in [4.69, 9.17) is 4.74 Å². The summed E-state index contributed by atoms with van der Waals surface area (Å²) in [6.07, 6.45) is 3.78. The van der Waals surface area contributed by atoms with Crippen molar-refractivity contribution < 1.29 is 14.6 Å². The van der Waals surface area contributed by atoms with Crippen LogP contribution in [0, 0.1) is 0 Å². The van der Waals surface area contributed by atoms with Crippen molar-refractivity contribution in [2.75, 3.05) is 13.7 Å². The lowest BCUT2D eigenvalue weighted by atomic mass is 10.0. The van der Waals surface area contributed by atoms with Crippen molar-refractivity contribution in [3.05, 3.63) is 29.3 Å². The molecular weight excluding hydrogens is 254 g/mol. The van der Waals surface area contributed by atoms with E-state index in [1.165, 1.54) is 5.56 Å². The molecule has 0 radical (unpaired) electrons. The van der Waals surface area contributed by atoms with Gasteiger partial charge in [0.05, 0.1) is 7.11 Å². The molecule has 1 unspecified atom stereocenters. The molecule has 1 aromatic rings. The van der Waals surface area contributed by atoms with Gasteiger partial charge in [-0.1, -0.05) is 25.5 Å². The minimum Gasteiger partial charge on any atom is -0.496 e. The van der Waals surface area contributed by atoms with E-state index >= 15 is 0 Å². The Hall–Kier alpha value is -1.55. The number of likely N-dealkylation sites (tertiary alicyclic amines) is 1. The number of piperidine rings is 1. The predicted octanol–water partition coefficient (Wildman–Crippen LogP) is 2.70. The number of aryl methyl sites for hydroxylation is 1. The van der Waals surface area contributed by atoms with E-state index in [1.807, 2.05) is 0 Å². The number of carboxylic acid groups (broad SMARTS) is 1. The fourth-order valence-electron chi connectivity index (χ4n) is 2.82. The summed E-state index contributed by atoms with van der Waals surface area (Å²) in [5.74, 6) is 0.146. The summed E-state index contributed by atoms with van der Waals surface area (Å²) >= 11 is 0. The van der Waals surface area contributed by atoms with Crippen molar-refractivity contribution in [3.8, 4) is 5.75 Å². The molecule has 110 valence electrons. The summed E-state index contributed by atoms with van der Waals surface area (Å²) in [5, 5.41) is 9.32. The molecule has 0 aromatic heterocycles. The van der Waals surface area contributed by atoms with Crippen LogP contribution in [0.1, 0.15) is 37.3 Å². The van der Waals surface area contributed by atoms with Crippen LogP contribution in [0.15, 0.2) is 18.2 Å². The SMILES string of the molecule is CCc1ccc(CN2CCCCC2C(=O)O)c(OC)c1. The first-order chi connectivity index (χ1) is 9.65. The second-order valence-corrected chi connectivity index (χ2v) is 5.32. The summed E-state index contributed by atoms with van der Waals surface area (Å²) in [6, 6.07) is 5.84. The topological polar surface area (TPSA) is 49.8 Å². The Balaban J connectivity index is 2.17. The summed E-state index contributed by atoms with van der Waals surface area (Å²) in [7, 11) is 1.67. The highest BCUT2D eigenvalue weighted by molar-refractivity contribution is 5.73. The number of hydrogen-bond acceptors (Lipinski definition) is 3. The number of carbonyl (C=O) groups is 1. The Labute approximate surface area is 120 Å². The summed E-state index contributed by atoms with van der Waals surface area (Å²) in [4.78, 5) is 13.4. The maximum atomic E-state index is 11.3. The van der Waals surface area contributed by atoms with E-state index in [0.717, 1.165) is 43.5 Å². The fourth-order valence-corrected chi connectivity index (χ4v) is 2.82. The molecule has 1 N–H and O–H groups in total. The van der Waals surface area contributed by atoms with Crippen LogP contribution in [-0.2, 0) is 17.8 Å². The van der Waals surface area contributed by atoms with E-state index in [2.05, 4.69) is 30.0 Å². The zero-order valence-corrected chi connectivity index (χ0v) is 12.3. The monoisotopic (exact) mass is 277 g/mol. The van der Waals surface area contributed by atoms with Gasteiger partial charge in [0.15, 0.2) is 0 Å². The summed E-state index contributed by atoms with van der Waals surface area (Å²) in [5.41, 5.74) is 2.30. The molecule has 2 rings (SSSR count). The third-order valence-corrected chi connectivity index (χ3v) is 4.03. The first-order valence-electron chi connectivity index (χ1n) is 7.28. The Bertz CT molecular complexity index is 473. The Kier molecular flexibility index (Phi) is 5.01. The molecule has 1 saturated heterocycles. The van der Waals surface area contributed by atoms with Crippen molar-refractivity contribution in [3.63, 3.8) is 0 Å². The molecule has 0 saturated carbocycles. The highest BCUT2D eigenvalue weighted by atomic mass is 16.5. The highest BCUT2D eigenvalue weighted by Gasteiger charge is 2.28. The van der Waals surface area contributed by atoms with Crippen LogP contribution in [0.4, 0.5) is 0 Å². The molecule has 20 heavy (non-hydrogen) atoms. The average molecular weight is 277 g/mol. The lowest BCUT2D eigenvalue weighted by Crippen LogP contribution is -2.44. The first kappa shape index (κ1) is 14.9. The van der Waals surface area contributed by atoms with E-state index < -0.39 is 5.97 Å². The van der Waals surface area contributed by atoms with Gasteiger partial charge in [-0.15, -0.1) is 0 Å². The molecule has 1 atom stereocenters. The van der Waals surface area contributed by atoms with Crippen molar-refractivity contribution in [2.24, 2.45) is 0 Å². The summed E-state index contributed by atoms with van der Waals surface area (Å²) in [6.45, 7) is 3.60. The molecule has 0 spiro atoms. The maximum Gasteiger partial charge on any atom is 0.320 e. The molecule has 1 heterocycles. The number of aliphatic carboxylic acids is 1. The standard InChI is InChI=1S/C16H23NO3/c1-3-12-7-8-13(15(10-12)20-2)11-17-9-5-4-6-14(17)16(18)19/h7-8,10,14H,3-6,9,11H2,1-2H3,(H,18,19). The third kappa shape index (κ3) is 3.31. The van der Waals surface area contributed by atoms with Crippen LogP contribution in [0.3, 0.4) is 0 Å². The molecule has 1 fully saturated rings. The van der Waals surface area contributed by atoms with Crippen LogP contribution in [-0.4, -0.2) is 35.7 Å². The maximum absolute atomic E-state index is 11.3. The second kappa shape index (κ2) is 6.75. The molecule has 0 aliphatic carbocycles. The van der Waals surface area contributed by atoms with Gasteiger partial charge < -0.3 is 9.84 Å². The molecule has 4 heteroatoms. The number of methoxy groups -OCH3 is 1. The Morgan fingerprint density at radius 1 is 1.45 bits per heavy atom. The minimum atomic E-state index is -0.714. The molecule has 1 aromatic carbocycles. The van der Waals surface area contributed by atoms with Crippen LogP contribution in [0.5, 0.6) is 5.75 Å². The number of nitrogens with zero attached hydrogens (tertiary/aromatic N) is 1. The fraction of sp³-hybridized carbons (Fsp3) is 0.562. The van der Waals surface area contributed by atoms with Gasteiger partial charge in [0.2, 0.25) is 0 Å². The first-order valence-corrected chi connectivity index (χ1v) is 7.28. The minimum absolute atomic E-state index is 0.362. The number of carboxylic acids is 1. The molecule has 0 bridgehead atoms. The quantitative estimate of drug-likeness (QED) is 0.899. The van der Waals surface area contributed by atoms with Gasteiger partial charge in [-0.05, 0) is 37.4 Å². The van der Waals surface area contributed by atoms with Gasteiger partial charge in [0.1, 0.15) is 11.8 Å². The second-order valence-electron chi connectivity index (χ2n) is 5.32. The molecule has 4 nitrogen and oxygen atoms in total. The number of rotatable bonds is 5. The van der Waals surface area contributed by atoms with Crippen molar-refractivity contribution >= 4 is 5.97 Å². The van der Waals surface area contributed by atoms with Gasteiger partial charge in [-0.25, -0.2) is 0 Å². The van der Waals surface area contributed by atoms with Crippen molar-refractivity contribution in [2.45, 2.75) is 45.2 Å². The lowest BCUT2D eigenvalue weighted by molar-refractivity contribution is -0.144. The van der Waals surface area contributed by atoms with E-state index in [0.29, 0.717) is 6.54 Å². The number of hydrogen-bond donors (Lipinski definition) is 1. The summed E-state index contributed by atoms with van der Waals surface area (Å²) < 4.78 is 5.45. The van der Waals surface area contributed by atoms with Crippen LogP contribution in [0.25, 0.3) is 0 Å². The highest BCUT2D eigenvalue weighted by Crippen LogP contribution is 2.26. The number of benzene rings is 1. The molecule has 1 aliphatic rings. The van der Waals surface area contributed by atoms with Crippen LogP contribution >= 0.6 is 0 Å². The smallest absolute Gasteiger partial charge is 0.320 e. The largest absolute Gasteiger partial charge is 0.496 e. The molecule has 1 aliphatic heterocycles. The van der Waals surface area contributed by atoms with Gasteiger partial charge in [0, 0.05) is 12.1 Å². The zero-order valence-electron chi connectivity index (χ0n) is 12.3. The number of ether oxygens (including phenoxy) is 1. The normalized spacial score (nSPS) is 19.8. The van der Waals surface area contributed by atoms with Gasteiger partial charge in [-0.3, -0.25) is 9.69 Å². The lowest BCUT2D eigenvalue weighted by Gasteiger charge is -2.33. The van der Waals surface area contributed by atoms with Gasteiger partial charge in [0.25, 0.3) is 0 Å². The van der Waals surface area contributed by atoms with Crippen LogP contribution < -0.4 is 4.74 Å². The molecular formula is C16H23NO3. The Morgan fingerprint density at radius 3 is 2.90 bits per heavy atom. The van der Waals surface area contributed by atoms with E-state index in [9.17, 15) is 9.90 Å². The molecule has 0 amide bonds. The van der Waals surface area contributed by atoms with Gasteiger partial charge >= 0.3 is 5.97 Å². The van der Waals surface area contributed by atoms with Crippen molar-refractivity contribution in [1.29, 1.82) is 0 Å². The predicted molar refractivity (Wildman–Crippen MR) is 78.1 cm³/mol. The zero-order chi connectivity index (χ0) is 14.5.